The van der Waals surface area contributed by atoms with Crippen LogP contribution in [0.3, 0.4) is 0 Å². The van der Waals surface area contributed by atoms with Crippen LogP contribution < -0.4 is 5.32 Å². The average Bonchev–Trinajstić information content (AvgIpc) is 2.99. The van der Waals surface area contributed by atoms with E-state index < -0.39 is 30.1 Å². The largest absolute Gasteiger partial charge is 0.467 e. The highest BCUT2D eigenvalue weighted by Gasteiger charge is 2.38. The molecule has 2 rings (SSSR count). The van der Waals surface area contributed by atoms with Crippen LogP contribution in [0.25, 0.3) is 0 Å². The van der Waals surface area contributed by atoms with Crippen molar-refractivity contribution in [2.24, 2.45) is 0 Å². The quantitative estimate of drug-likeness (QED) is 0.743. The summed E-state index contributed by atoms with van der Waals surface area (Å²) >= 11 is 0. The van der Waals surface area contributed by atoms with Gasteiger partial charge < -0.3 is 20.1 Å². The van der Waals surface area contributed by atoms with E-state index in [0.29, 0.717) is 0 Å². The number of ether oxygens (including phenoxy) is 1. The van der Waals surface area contributed by atoms with Crippen LogP contribution in [-0.2, 0) is 25.5 Å². The standard InChI is InChI=1S/C19H26N2O5/c1-11-5-6-14(7-12(11)2)8-16(19(25)26-4)20-18(24)17-9-15(23)10-21(17)13(3)22/h5-7,15-17,23H,8-10H2,1-4H3,(H,20,24)/t15-,16+,17+/m1/s1. The maximum absolute atomic E-state index is 12.6. The second-order valence-electron chi connectivity index (χ2n) is 6.78. The molecule has 1 heterocycles. The summed E-state index contributed by atoms with van der Waals surface area (Å²) in [6, 6.07) is 4.20. The molecule has 0 bridgehead atoms. The highest BCUT2D eigenvalue weighted by atomic mass is 16.5. The molecule has 0 aromatic heterocycles. The first-order valence-corrected chi connectivity index (χ1v) is 8.62. The molecule has 3 atom stereocenters. The molecule has 7 nitrogen and oxygen atoms in total. The summed E-state index contributed by atoms with van der Waals surface area (Å²) in [4.78, 5) is 37.8. The van der Waals surface area contributed by atoms with Crippen molar-refractivity contribution in [3.8, 4) is 0 Å². The van der Waals surface area contributed by atoms with Crippen LogP contribution >= 0.6 is 0 Å². The molecule has 2 N–H and O–H groups in total. The molecule has 0 radical (unpaired) electrons. The van der Waals surface area contributed by atoms with Crippen LogP contribution in [0.15, 0.2) is 18.2 Å². The van der Waals surface area contributed by atoms with Crippen molar-refractivity contribution < 1.29 is 24.2 Å². The molecule has 26 heavy (non-hydrogen) atoms. The molecule has 1 aliphatic heterocycles. The Kier molecular flexibility index (Phi) is 6.37. The minimum atomic E-state index is -0.860. The zero-order valence-electron chi connectivity index (χ0n) is 15.6. The number of methoxy groups -OCH3 is 1. The van der Waals surface area contributed by atoms with Gasteiger partial charge >= 0.3 is 5.97 Å². The molecule has 0 unspecified atom stereocenters. The number of carbonyl (C=O) groups is 3. The van der Waals surface area contributed by atoms with Crippen LogP contribution in [0.5, 0.6) is 0 Å². The fourth-order valence-corrected chi connectivity index (χ4v) is 3.18. The summed E-state index contributed by atoms with van der Waals surface area (Å²) in [5.74, 6) is -1.30. The van der Waals surface area contributed by atoms with Gasteiger partial charge in [-0.2, -0.15) is 0 Å². The van der Waals surface area contributed by atoms with E-state index in [1.54, 1.807) is 0 Å². The lowest BCUT2D eigenvalue weighted by molar-refractivity contribution is -0.146. The zero-order valence-corrected chi connectivity index (χ0v) is 15.6. The Morgan fingerprint density at radius 3 is 2.58 bits per heavy atom. The zero-order chi connectivity index (χ0) is 19.4. The molecule has 1 aromatic rings. The number of rotatable bonds is 5. The van der Waals surface area contributed by atoms with E-state index >= 15 is 0 Å². The monoisotopic (exact) mass is 362 g/mol. The van der Waals surface area contributed by atoms with Crippen molar-refractivity contribution in [1.29, 1.82) is 0 Å². The molecule has 0 saturated carbocycles. The number of amides is 2. The van der Waals surface area contributed by atoms with Crippen LogP contribution in [0, 0.1) is 13.8 Å². The van der Waals surface area contributed by atoms with Gasteiger partial charge in [0.25, 0.3) is 0 Å². The van der Waals surface area contributed by atoms with Crippen molar-refractivity contribution in [3.05, 3.63) is 34.9 Å². The van der Waals surface area contributed by atoms with Crippen molar-refractivity contribution in [2.75, 3.05) is 13.7 Å². The van der Waals surface area contributed by atoms with Gasteiger partial charge in [-0.25, -0.2) is 4.79 Å². The van der Waals surface area contributed by atoms with Crippen molar-refractivity contribution in [2.45, 2.75) is 51.8 Å². The fourth-order valence-electron chi connectivity index (χ4n) is 3.18. The average molecular weight is 362 g/mol. The number of β-amino-alcohol motifs (C(OH)–C–C–N with tert-alkyl or cyclic N) is 1. The number of aryl methyl sites for hydroxylation is 2. The smallest absolute Gasteiger partial charge is 0.328 e. The van der Waals surface area contributed by atoms with Gasteiger partial charge in [0, 0.05) is 26.3 Å². The number of esters is 1. The normalized spacial score (nSPS) is 20.6. The minimum absolute atomic E-state index is 0.119. The molecule has 1 aromatic carbocycles. The lowest BCUT2D eigenvalue weighted by atomic mass is 10.0. The van der Waals surface area contributed by atoms with E-state index in [2.05, 4.69) is 5.32 Å². The predicted octanol–water partition coefficient (Wildman–Crippen LogP) is 0.485. The Bertz CT molecular complexity index is 703. The van der Waals surface area contributed by atoms with E-state index in [1.165, 1.54) is 18.9 Å². The SMILES string of the molecule is COC(=O)[C@H](Cc1ccc(C)c(C)c1)NC(=O)[C@@H]1C[C@@H](O)CN1C(C)=O. The number of benzene rings is 1. The number of carbonyl (C=O) groups excluding carboxylic acids is 3. The minimum Gasteiger partial charge on any atom is -0.467 e. The van der Waals surface area contributed by atoms with E-state index in [9.17, 15) is 19.5 Å². The van der Waals surface area contributed by atoms with Crippen LogP contribution in [0.2, 0.25) is 0 Å². The number of hydrogen-bond donors (Lipinski definition) is 2. The van der Waals surface area contributed by atoms with E-state index in [0.717, 1.165) is 16.7 Å². The molecule has 1 saturated heterocycles. The first-order chi connectivity index (χ1) is 12.2. The predicted molar refractivity (Wildman–Crippen MR) is 95.4 cm³/mol. The number of nitrogens with one attached hydrogen (secondary N) is 1. The molecule has 1 aliphatic rings. The lowest BCUT2D eigenvalue weighted by Gasteiger charge is -2.24. The molecular formula is C19H26N2O5. The Labute approximate surface area is 153 Å². The Morgan fingerprint density at radius 1 is 1.31 bits per heavy atom. The van der Waals surface area contributed by atoms with E-state index in [-0.39, 0.29) is 25.3 Å². The maximum atomic E-state index is 12.6. The molecule has 0 spiro atoms. The molecular weight excluding hydrogens is 336 g/mol. The van der Waals surface area contributed by atoms with Crippen molar-refractivity contribution >= 4 is 17.8 Å². The summed E-state index contributed by atoms with van der Waals surface area (Å²) in [6.45, 7) is 5.45. The Balaban J connectivity index is 2.14. The van der Waals surface area contributed by atoms with Gasteiger partial charge in [-0.15, -0.1) is 0 Å². The van der Waals surface area contributed by atoms with Gasteiger partial charge in [-0.3, -0.25) is 9.59 Å². The van der Waals surface area contributed by atoms with Crippen molar-refractivity contribution in [1.82, 2.24) is 10.2 Å². The highest BCUT2D eigenvalue weighted by Crippen LogP contribution is 2.19. The second kappa shape index (κ2) is 8.31. The lowest BCUT2D eigenvalue weighted by Crippen LogP contribution is -2.51. The number of aliphatic hydroxyl groups excluding tert-OH is 1. The summed E-state index contributed by atoms with van der Waals surface area (Å²) in [5, 5.41) is 12.5. The molecule has 0 aliphatic carbocycles. The third-order valence-corrected chi connectivity index (χ3v) is 4.80. The van der Waals surface area contributed by atoms with Gasteiger partial charge in [0.1, 0.15) is 12.1 Å². The molecule has 1 fully saturated rings. The molecule has 7 heteroatoms. The van der Waals surface area contributed by atoms with Crippen LogP contribution in [0.1, 0.15) is 30.0 Å². The van der Waals surface area contributed by atoms with Gasteiger partial charge in [0.2, 0.25) is 11.8 Å². The van der Waals surface area contributed by atoms with Gasteiger partial charge in [-0.1, -0.05) is 18.2 Å². The van der Waals surface area contributed by atoms with Gasteiger partial charge in [-0.05, 0) is 30.5 Å². The Morgan fingerprint density at radius 2 is 2.00 bits per heavy atom. The first-order valence-electron chi connectivity index (χ1n) is 8.62. The number of aliphatic hydroxyl groups is 1. The fraction of sp³-hybridized carbons (Fsp3) is 0.526. The number of likely N-dealkylation sites (tertiary alicyclic amines) is 1. The summed E-state index contributed by atoms with van der Waals surface area (Å²) in [5.41, 5.74) is 3.14. The van der Waals surface area contributed by atoms with Crippen LogP contribution in [-0.4, -0.2) is 59.6 Å². The summed E-state index contributed by atoms with van der Waals surface area (Å²) in [6.07, 6.45) is -0.302. The molecule has 2 amide bonds. The van der Waals surface area contributed by atoms with E-state index in [4.69, 9.17) is 4.74 Å². The topological polar surface area (TPSA) is 95.9 Å². The number of hydrogen-bond acceptors (Lipinski definition) is 5. The van der Waals surface area contributed by atoms with Gasteiger partial charge in [0.05, 0.1) is 13.2 Å². The highest BCUT2D eigenvalue weighted by molar-refractivity contribution is 5.91. The first kappa shape index (κ1) is 19.9. The third-order valence-electron chi connectivity index (χ3n) is 4.80. The third kappa shape index (κ3) is 4.60. The number of nitrogens with zero attached hydrogens (tertiary/aromatic N) is 1. The summed E-state index contributed by atoms with van der Waals surface area (Å²) < 4.78 is 4.81. The second-order valence-corrected chi connectivity index (χ2v) is 6.78. The van der Waals surface area contributed by atoms with Gasteiger partial charge in [0.15, 0.2) is 0 Å². The molecule has 142 valence electrons. The van der Waals surface area contributed by atoms with Crippen LogP contribution in [0.4, 0.5) is 0 Å². The maximum Gasteiger partial charge on any atom is 0.328 e. The summed E-state index contributed by atoms with van der Waals surface area (Å²) in [7, 11) is 1.27. The van der Waals surface area contributed by atoms with Crippen molar-refractivity contribution in [3.63, 3.8) is 0 Å². The Hall–Kier alpha value is -2.41. The van der Waals surface area contributed by atoms with E-state index in [1.807, 2.05) is 32.0 Å².